The molecule has 0 radical (unpaired) electrons. The number of nitrogens with one attached hydrogen (secondary N) is 1. The maximum absolute atomic E-state index is 5.39. The number of hydrogen-bond donors (Lipinski definition) is 1. The van der Waals surface area contributed by atoms with Gasteiger partial charge in [0.05, 0.1) is 18.9 Å². The summed E-state index contributed by atoms with van der Waals surface area (Å²) >= 11 is 0. The topological polar surface area (TPSA) is 39.1 Å². The fraction of sp³-hybridized carbons (Fsp3) is 0.615. The predicted molar refractivity (Wildman–Crippen MR) is 70.0 cm³/mol. The lowest BCUT2D eigenvalue weighted by Gasteiger charge is -2.05. The van der Waals surface area contributed by atoms with Crippen molar-refractivity contribution in [1.29, 1.82) is 0 Å². The minimum absolute atomic E-state index is 0.419. The van der Waals surface area contributed by atoms with Crippen molar-refractivity contribution in [2.75, 3.05) is 19.8 Å². The van der Waals surface area contributed by atoms with Crippen molar-refractivity contribution in [2.24, 2.45) is 0 Å². The van der Waals surface area contributed by atoms with Crippen LogP contribution in [0.3, 0.4) is 0 Å². The Bertz CT molecular complexity index is 344. The first-order valence-corrected chi connectivity index (χ1v) is 6.06. The molecule has 0 saturated heterocycles. The zero-order valence-electron chi connectivity index (χ0n) is 11.1. The van der Waals surface area contributed by atoms with Gasteiger partial charge in [0, 0.05) is 25.3 Å². The highest BCUT2D eigenvalue weighted by molar-refractivity contribution is 4.98. The Morgan fingerprint density at radius 1 is 1.59 bits per heavy atom. The molecule has 0 spiro atoms. The lowest BCUT2D eigenvalue weighted by Crippen LogP contribution is -2.20. The summed E-state index contributed by atoms with van der Waals surface area (Å²) in [5.41, 5.74) is 2.12. The quantitative estimate of drug-likeness (QED) is 0.556. The van der Waals surface area contributed by atoms with Gasteiger partial charge in [0.2, 0.25) is 0 Å². The van der Waals surface area contributed by atoms with Crippen molar-refractivity contribution >= 4 is 0 Å². The number of ether oxygens (including phenoxy) is 1. The molecule has 1 heterocycles. The van der Waals surface area contributed by atoms with Crippen LogP contribution < -0.4 is 5.32 Å². The van der Waals surface area contributed by atoms with Crippen LogP contribution in [0.15, 0.2) is 24.4 Å². The van der Waals surface area contributed by atoms with E-state index in [1.165, 1.54) is 0 Å². The Morgan fingerprint density at radius 2 is 2.35 bits per heavy atom. The zero-order valence-corrected chi connectivity index (χ0v) is 11.1. The third-order valence-corrected chi connectivity index (χ3v) is 2.27. The Kier molecular flexibility index (Phi) is 5.94. The Morgan fingerprint density at radius 3 is 2.94 bits per heavy atom. The molecular formula is C13H23N3O. The summed E-state index contributed by atoms with van der Waals surface area (Å²) in [5.74, 6) is 0. The maximum atomic E-state index is 5.39. The number of nitrogens with zero attached hydrogens (tertiary/aromatic N) is 2. The van der Waals surface area contributed by atoms with Crippen LogP contribution in [0, 0.1) is 0 Å². The highest BCUT2D eigenvalue weighted by Crippen LogP contribution is 2.03. The summed E-state index contributed by atoms with van der Waals surface area (Å²) in [7, 11) is 0. The summed E-state index contributed by atoms with van der Waals surface area (Å²) in [4.78, 5) is 0. The van der Waals surface area contributed by atoms with E-state index in [9.17, 15) is 0 Å². The van der Waals surface area contributed by atoms with Crippen molar-refractivity contribution in [2.45, 2.75) is 33.4 Å². The third-order valence-electron chi connectivity index (χ3n) is 2.27. The largest absolute Gasteiger partial charge is 0.376 e. The zero-order chi connectivity index (χ0) is 12.7. The molecule has 0 atom stereocenters. The van der Waals surface area contributed by atoms with E-state index in [0.29, 0.717) is 19.3 Å². The van der Waals surface area contributed by atoms with Crippen LogP contribution in [0.25, 0.3) is 0 Å². The van der Waals surface area contributed by atoms with E-state index in [4.69, 9.17) is 4.74 Å². The Balaban J connectivity index is 2.11. The first-order chi connectivity index (χ1) is 8.09. The molecule has 1 aromatic heterocycles. The molecule has 0 unspecified atom stereocenters. The highest BCUT2D eigenvalue weighted by atomic mass is 16.5. The van der Waals surface area contributed by atoms with Gasteiger partial charge in [-0.05, 0) is 26.8 Å². The summed E-state index contributed by atoms with van der Waals surface area (Å²) in [6.45, 7) is 13.0. The van der Waals surface area contributed by atoms with Crippen molar-refractivity contribution in [3.63, 3.8) is 0 Å². The number of rotatable bonds is 8. The van der Waals surface area contributed by atoms with Gasteiger partial charge in [-0.25, -0.2) is 0 Å². The summed E-state index contributed by atoms with van der Waals surface area (Å²) in [6, 6.07) is 2.46. The van der Waals surface area contributed by atoms with E-state index in [-0.39, 0.29) is 0 Å². The SMILES string of the molecule is C=C(C)COCCNCc1ccn(C(C)C)n1. The lowest BCUT2D eigenvalue weighted by atomic mass is 10.4. The van der Waals surface area contributed by atoms with E-state index in [2.05, 4.69) is 30.8 Å². The van der Waals surface area contributed by atoms with Gasteiger partial charge in [0.15, 0.2) is 0 Å². The first kappa shape index (κ1) is 13.9. The number of hydrogen-bond acceptors (Lipinski definition) is 3. The summed E-state index contributed by atoms with van der Waals surface area (Å²) in [5, 5.41) is 7.75. The van der Waals surface area contributed by atoms with Crippen LogP contribution in [0.2, 0.25) is 0 Å². The van der Waals surface area contributed by atoms with Crippen LogP contribution in [-0.2, 0) is 11.3 Å². The van der Waals surface area contributed by atoms with Crippen LogP contribution in [0.1, 0.15) is 32.5 Å². The molecule has 0 saturated carbocycles. The standard InChI is InChI=1S/C13H23N3O/c1-11(2)10-17-8-6-14-9-13-5-7-16(15-13)12(3)4/h5,7,12,14H,1,6,8-10H2,2-4H3. The van der Waals surface area contributed by atoms with Crippen molar-refractivity contribution in [3.8, 4) is 0 Å². The van der Waals surface area contributed by atoms with E-state index in [1.807, 2.05) is 23.9 Å². The second-order valence-corrected chi connectivity index (χ2v) is 4.57. The van der Waals surface area contributed by atoms with E-state index < -0.39 is 0 Å². The van der Waals surface area contributed by atoms with Gasteiger partial charge in [-0.15, -0.1) is 0 Å². The maximum Gasteiger partial charge on any atom is 0.0762 e. The van der Waals surface area contributed by atoms with E-state index in [1.54, 1.807) is 0 Å². The van der Waals surface area contributed by atoms with Crippen molar-refractivity contribution in [3.05, 3.63) is 30.1 Å². The average molecular weight is 237 g/mol. The predicted octanol–water partition coefficient (Wildman–Crippen LogP) is 2.15. The molecule has 0 aliphatic carbocycles. The molecule has 0 aliphatic heterocycles. The molecule has 96 valence electrons. The fourth-order valence-electron chi connectivity index (χ4n) is 1.37. The van der Waals surface area contributed by atoms with E-state index in [0.717, 1.165) is 24.4 Å². The highest BCUT2D eigenvalue weighted by Gasteiger charge is 2.01. The molecule has 4 heteroatoms. The minimum atomic E-state index is 0.419. The molecule has 1 N–H and O–H groups in total. The van der Waals surface area contributed by atoms with Gasteiger partial charge in [-0.1, -0.05) is 12.2 Å². The smallest absolute Gasteiger partial charge is 0.0762 e. The Hall–Kier alpha value is -1.13. The second kappa shape index (κ2) is 7.25. The molecule has 4 nitrogen and oxygen atoms in total. The molecular weight excluding hydrogens is 214 g/mol. The van der Waals surface area contributed by atoms with Crippen molar-refractivity contribution in [1.82, 2.24) is 15.1 Å². The van der Waals surface area contributed by atoms with Crippen LogP contribution in [0.5, 0.6) is 0 Å². The molecule has 0 aromatic carbocycles. The number of aromatic nitrogens is 2. The second-order valence-electron chi connectivity index (χ2n) is 4.57. The van der Waals surface area contributed by atoms with E-state index >= 15 is 0 Å². The normalized spacial score (nSPS) is 11.1. The Labute approximate surface area is 104 Å². The van der Waals surface area contributed by atoms with Gasteiger partial charge in [-0.3, -0.25) is 4.68 Å². The molecule has 0 amide bonds. The minimum Gasteiger partial charge on any atom is -0.376 e. The molecule has 0 fully saturated rings. The first-order valence-electron chi connectivity index (χ1n) is 6.06. The molecule has 17 heavy (non-hydrogen) atoms. The van der Waals surface area contributed by atoms with Crippen molar-refractivity contribution < 1.29 is 4.74 Å². The monoisotopic (exact) mass is 237 g/mol. The average Bonchev–Trinajstić information content (AvgIpc) is 2.71. The van der Waals surface area contributed by atoms with Gasteiger partial charge in [0.25, 0.3) is 0 Å². The lowest BCUT2D eigenvalue weighted by molar-refractivity contribution is 0.157. The van der Waals surface area contributed by atoms with Crippen LogP contribution in [0.4, 0.5) is 0 Å². The van der Waals surface area contributed by atoms with Gasteiger partial charge in [-0.2, -0.15) is 5.10 Å². The molecule has 0 aliphatic rings. The third kappa shape index (κ3) is 5.65. The molecule has 0 bridgehead atoms. The summed E-state index contributed by atoms with van der Waals surface area (Å²) in [6.07, 6.45) is 2.01. The summed E-state index contributed by atoms with van der Waals surface area (Å²) < 4.78 is 7.36. The van der Waals surface area contributed by atoms with Gasteiger partial charge >= 0.3 is 0 Å². The van der Waals surface area contributed by atoms with Crippen LogP contribution >= 0.6 is 0 Å². The fourth-order valence-corrected chi connectivity index (χ4v) is 1.37. The van der Waals surface area contributed by atoms with Crippen LogP contribution in [-0.4, -0.2) is 29.5 Å². The van der Waals surface area contributed by atoms with Gasteiger partial charge < -0.3 is 10.1 Å². The molecule has 1 rings (SSSR count). The van der Waals surface area contributed by atoms with Gasteiger partial charge in [0.1, 0.15) is 0 Å². The molecule has 1 aromatic rings.